The van der Waals surface area contributed by atoms with Gasteiger partial charge in [-0.25, -0.2) is 13.9 Å². The van der Waals surface area contributed by atoms with E-state index in [-0.39, 0.29) is 13.0 Å². The van der Waals surface area contributed by atoms with Crippen LogP contribution >= 0.6 is 15.9 Å². The van der Waals surface area contributed by atoms with Gasteiger partial charge in [-0.2, -0.15) is 4.98 Å². The molecule has 0 saturated carbocycles. The maximum Gasteiger partial charge on any atom is 0.310 e. The molecule has 0 aliphatic heterocycles. The molecule has 6 nitrogen and oxygen atoms in total. The highest BCUT2D eigenvalue weighted by Gasteiger charge is 2.11. The fraction of sp³-hybridized carbons (Fsp3) is 0.333. The van der Waals surface area contributed by atoms with Crippen LogP contribution in [0.1, 0.15) is 29.2 Å². The number of hydrogen-bond donors (Lipinski definition) is 0. The molecule has 0 bridgehead atoms. The molecule has 0 saturated heterocycles. The minimum Gasteiger partial charge on any atom is -0.465 e. The smallest absolute Gasteiger partial charge is 0.310 e. The Hall–Kier alpha value is -2.35. The second kappa shape index (κ2) is 7.90. The summed E-state index contributed by atoms with van der Waals surface area (Å²) in [7, 11) is 0. The lowest BCUT2D eigenvalue weighted by molar-refractivity contribution is -0.142. The number of fused-ring (bicyclic) bond motifs is 1. The van der Waals surface area contributed by atoms with Crippen molar-refractivity contribution in [2.24, 2.45) is 0 Å². The standard InChI is InChI=1S/C18H18BrFN4O2/c1-11-8-12(2)24-18(21-11)22-16(23-24)4-3-7-26-17(25)10-13-9-14(19)5-6-15(13)20/h5-6,8-9H,3-4,7,10H2,1-2H3. The molecular formula is C18H18BrFN4O2. The van der Waals surface area contributed by atoms with Crippen molar-refractivity contribution in [3.8, 4) is 0 Å². The summed E-state index contributed by atoms with van der Waals surface area (Å²) in [4.78, 5) is 20.6. The van der Waals surface area contributed by atoms with Gasteiger partial charge in [0.15, 0.2) is 5.82 Å². The molecule has 2 aromatic heterocycles. The van der Waals surface area contributed by atoms with Gasteiger partial charge in [0.1, 0.15) is 5.82 Å². The summed E-state index contributed by atoms with van der Waals surface area (Å²) < 4.78 is 21.2. The molecule has 0 radical (unpaired) electrons. The zero-order valence-corrected chi connectivity index (χ0v) is 16.1. The Morgan fingerprint density at radius 2 is 2.08 bits per heavy atom. The number of carbonyl (C=O) groups excluding carboxylic acids is 1. The largest absolute Gasteiger partial charge is 0.465 e. The highest BCUT2D eigenvalue weighted by atomic mass is 79.9. The molecule has 0 aliphatic carbocycles. The Bertz CT molecular complexity index is 958. The molecule has 136 valence electrons. The van der Waals surface area contributed by atoms with E-state index in [1.807, 2.05) is 19.9 Å². The van der Waals surface area contributed by atoms with E-state index in [2.05, 4.69) is 31.0 Å². The van der Waals surface area contributed by atoms with Crippen molar-refractivity contribution in [2.75, 3.05) is 6.61 Å². The number of rotatable bonds is 6. The van der Waals surface area contributed by atoms with Crippen LogP contribution in [0.25, 0.3) is 5.78 Å². The van der Waals surface area contributed by atoms with Gasteiger partial charge in [-0.3, -0.25) is 4.79 Å². The van der Waals surface area contributed by atoms with E-state index in [1.165, 1.54) is 6.07 Å². The summed E-state index contributed by atoms with van der Waals surface area (Å²) in [6.45, 7) is 4.09. The first-order valence-electron chi connectivity index (χ1n) is 8.22. The topological polar surface area (TPSA) is 69.4 Å². The Labute approximate surface area is 158 Å². The monoisotopic (exact) mass is 420 g/mol. The average molecular weight is 421 g/mol. The van der Waals surface area contributed by atoms with E-state index in [4.69, 9.17) is 4.74 Å². The van der Waals surface area contributed by atoms with Gasteiger partial charge >= 0.3 is 5.97 Å². The second-order valence-electron chi connectivity index (χ2n) is 6.02. The Kier molecular flexibility index (Phi) is 5.61. The maximum absolute atomic E-state index is 13.6. The Balaban J connectivity index is 1.50. The Morgan fingerprint density at radius 1 is 1.27 bits per heavy atom. The van der Waals surface area contributed by atoms with Crippen molar-refractivity contribution in [2.45, 2.75) is 33.1 Å². The molecule has 2 heterocycles. The molecule has 3 rings (SSSR count). The number of aryl methyl sites for hydroxylation is 3. The quantitative estimate of drug-likeness (QED) is 0.451. The van der Waals surface area contributed by atoms with Crippen molar-refractivity contribution < 1.29 is 13.9 Å². The number of hydrogen-bond acceptors (Lipinski definition) is 5. The molecular weight excluding hydrogens is 403 g/mol. The summed E-state index contributed by atoms with van der Waals surface area (Å²) in [5.41, 5.74) is 2.17. The van der Waals surface area contributed by atoms with Gasteiger partial charge in [0, 0.05) is 27.8 Å². The van der Waals surface area contributed by atoms with Crippen LogP contribution in [0.15, 0.2) is 28.7 Å². The number of nitrogens with zero attached hydrogens (tertiary/aromatic N) is 4. The highest BCUT2D eigenvalue weighted by Crippen LogP contribution is 2.16. The summed E-state index contributed by atoms with van der Waals surface area (Å²) in [5.74, 6) is 0.343. The molecule has 0 amide bonds. The molecule has 26 heavy (non-hydrogen) atoms. The third-order valence-electron chi connectivity index (χ3n) is 3.81. The first kappa shape index (κ1) is 18.4. The highest BCUT2D eigenvalue weighted by molar-refractivity contribution is 9.10. The number of esters is 1. The van der Waals surface area contributed by atoms with E-state index in [0.717, 1.165) is 15.9 Å². The van der Waals surface area contributed by atoms with Gasteiger partial charge in [0.05, 0.1) is 13.0 Å². The van der Waals surface area contributed by atoms with Crippen LogP contribution in [0.4, 0.5) is 4.39 Å². The average Bonchev–Trinajstić information content (AvgIpc) is 2.98. The molecule has 0 aliphatic rings. The molecule has 0 fully saturated rings. The molecule has 0 unspecified atom stereocenters. The van der Waals surface area contributed by atoms with Gasteiger partial charge in [-0.15, -0.1) is 5.10 Å². The summed E-state index contributed by atoms with van der Waals surface area (Å²) in [6.07, 6.45) is 1.06. The van der Waals surface area contributed by atoms with E-state index in [0.29, 0.717) is 30.0 Å². The fourth-order valence-electron chi connectivity index (χ4n) is 2.62. The van der Waals surface area contributed by atoms with Crippen molar-refractivity contribution in [1.29, 1.82) is 0 Å². The van der Waals surface area contributed by atoms with Crippen molar-refractivity contribution in [3.63, 3.8) is 0 Å². The SMILES string of the molecule is Cc1cc(C)n2nc(CCCOC(=O)Cc3cc(Br)ccc3F)nc2n1. The van der Waals surface area contributed by atoms with Gasteiger partial charge in [-0.05, 0) is 44.5 Å². The maximum atomic E-state index is 13.6. The summed E-state index contributed by atoms with van der Waals surface area (Å²) in [5, 5.41) is 4.41. The van der Waals surface area contributed by atoms with Crippen LogP contribution in [0.5, 0.6) is 0 Å². The molecule has 1 aromatic carbocycles. The lowest BCUT2D eigenvalue weighted by Crippen LogP contribution is -2.11. The lowest BCUT2D eigenvalue weighted by atomic mass is 10.1. The van der Waals surface area contributed by atoms with Gasteiger partial charge in [0.25, 0.3) is 5.78 Å². The molecule has 3 aromatic rings. The summed E-state index contributed by atoms with van der Waals surface area (Å²) in [6, 6.07) is 6.42. The predicted octanol–water partition coefficient (Wildman–Crippen LogP) is 3.36. The number of benzene rings is 1. The van der Waals surface area contributed by atoms with Crippen molar-refractivity contribution >= 4 is 27.7 Å². The zero-order chi connectivity index (χ0) is 18.7. The van der Waals surface area contributed by atoms with E-state index in [9.17, 15) is 9.18 Å². The number of halogens is 2. The van der Waals surface area contributed by atoms with Crippen molar-refractivity contribution in [1.82, 2.24) is 19.6 Å². The Morgan fingerprint density at radius 3 is 2.88 bits per heavy atom. The predicted molar refractivity (Wildman–Crippen MR) is 97.3 cm³/mol. The first-order valence-corrected chi connectivity index (χ1v) is 9.01. The number of aromatic nitrogens is 4. The number of carbonyl (C=O) groups is 1. The van der Waals surface area contributed by atoms with E-state index < -0.39 is 11.8 Å². The molecule has 0 atom stereocenters. The van der Waals surface area contributed by atoms with Crippen LogP contribution < -0.4 is 0 Å². The van der Waals surface area contributed by atoms with Gasteiger partial charge < -0.3 is 4.74 Å². The second-order valence-corrected chi connectivity index (χ2v) is 6.93. The van der Waals surface area contributed by atoms with Gasteiger partial charge in [-0.1, -0.05) is 15.9 Å². The molecule has 8 heteroatoms. The summed E-state index contributed by atoms with van der Waals surface area (Å²) >= 11 is 3.26. The fourth-order valence-corrected chi connectivity index (χ4v) is 3.02. The minimum atomic E-state index is -0.460. The minimum absolute atomic E-state index is 0.0969. The normalized spacial score (nSPS) is 11.1. The third kappa shape index (κ3) is 4.43. The molecule has 0 N–H and O–H groups in total. The zero-order valence-electron chi connectivity index (χ0n) is 14.5. The van der Waals surface area contributed by atoms with E-state index in [1.54, 1.807) is 16.6 Å². The van der Waals surface area contributed by atoms with Crippen LogP contribution in [0.3, 0.4) is 0 Å². The number of ether oxygens (including phenoxy) is 1. The van der Waals surface area contributed by atoms with Crippen LogP contribution in [0, 0.1) is 19.7 Å². The van der Waals surface area contributed by atoms with E-state index >= 15 is 0 Å². The van der Waals surface area contributed by atoms with Gasteiger partial charge in [0.2, 0.25) is 0 Å². The third-order valence-corrected chi connectivity index (χ3v) is 4.31. The van der Waals surface area contributed by atoms with Crippen LogP contribution in [0.2, 0.25) is 0 Å². The van der Waals surface area contributed by atoms with Crippen LogP contribution in [-0.4, -0.2) is 32.2 Å². The first-order chi connectivity index (χ1) is 12.4. The lowest BCUT2D eigenvalue weighted by Gasteiger charge is -2.05. The van der Waals surface area contributed by atoms with Crippen LogP contribution in [-0.2, 0) is 22.4 Å². The van der Waals surface area contributed by atoms with Crippen molar-refractivity contribution in [3.05, 3.63) is 57.3 Å². The molecule has 0 spiro atoms.